The van der Waals surface area contributed by atoms with Crippen molar-refractivity contribution in [3.63, 3.8) is 0 Å². The van der Waals surface area contributed by atoms with E-state index in [0.29, 0.717) is 18.3 Å². The average Bonchev–Trinajstić information content (AvgIpc) is 3.09. The number of halogens is 2. The largest absolute Gasteiger partial charge is 0.432 e. The molecule has 1 fully saturated rings. The smallest absolute Gasteiger partial charge is 0.403 e. The number of carbonyl (C=O) groups excluding carboxylic acids is 1. The van der Waals surface area contributed by atoms with E-state index >= 15 is 0 Å². The van der Waals surface area contributed by atoms with Gasteiger partial charge in [0.15, 0.2) is 0 Å². The van der Waals surface area contributed by atoms with E-state index in [1.807, 2.05) is 0 Å². The first kappa shape index (κ1) is 12.0. The molecular formula is C12H12F2O3. The Morgan fingerprint density at radius 1 is 1.35 bits per heavy atom. The zero-order valence-electron chi connectivity index (χ0n) is 9.23. The van der Waals surface area contributed by atoms with Gasteiger partial charge < -0.3 is 9.47 Å². The third-order valence-electron chi connectivity index (χ3n) is 2.74. The van der Waals surface area contributed by atoms with Gasteiger partial charge in [-0.2, -0.15) is 8.78 Å². The first-order valence-corrected chi connectivity index (χ1v) is 5.21. The van der Waals surface area contributed by atoms with Crippen LogP contribution >= 0.6 is 0 Å². The van der Waals surface area contributed by atoms with Crippen LogP contribution in [0, 0.1) is 5.92 Å². The molecule has 0 radical (unpaired) electrons. The Hall–Kier alpha value is -1.49. The van der Waals surface area contributed by atoms with Crippen molar-refractivity contribution in [1.29, 1.82) is 0 Å². The SMILES string of the molecule is COC1CC1C(F)(F)Oc1ccc(C=O)cc1. The molecule has 5 heteroatoms. The van der Waals surface area contributed by atoms with Gasteiger partial charge in [0, 0.05) is 12.7 Å². The second-order valence-corrected chi connectivity index (χ2v) is 3.97. The molecule has 1 saturated carbocycles. The van der Waals surface area contributed by atoms with Gasteiger partial charge in [-0.3, -0.25) is 4.79 Å². The minimum absolute atomic E-state index is 0.0438. The molecule has 0 aliphatic heterocycles. The molecule has 2 unspecified atom stereocenters. The molecule has 2 atom stereocenters. The Labute approximate surface area is 97.3 Å². The lowest BCUT2D eigenvalue weighted by Gasteiger charge is -2.17. The molecule has 1 aliphatic carbocycles. The second-order valence-electron chi connectivity index (χ2n) is 3.97. The maximum Gasteiger partial charge on any atom is 0.403 e. The monoisotopic (exact) mass is 242 g/mol. The number of rotatable bonds is 5. The summed E-state index contributed by atoms with van der Waals surface area (Å²) in [4.78, 5) is 10.4. The molecule has 3 nitrogen and oxygen atoms in total. The van der Waals surface area contributed by atoms with Gasteiger partial charge in [-0.25, -0.2) is 0 Å². The summed E-state index contributed by atoms with van der Waals surface area (Å²) in [6, 6.07) is 5.56. The van der Waals surface area contributed by atoms with Gasteiger partial charge in [0.2, 0.25) is 0 Å². The van der Waals surface area contributed by atoms with E-state index < -0.39 is 18.1 Å². The summed E-state index contributed by atoms with van der Waals surface area (Å²) in [5.41, 5.74) is 0.418. The number of alkyl halides is 2. The Kier molecular flexibility index (Phi) is 3.11. The fraction of sp³-hybridized carbons (Fsp3) is 0.417. The van der Waals surface area contributed by atoms with Crippen molar-refractivity contribution in [3.05, 3.63) is 29.8 Å². The molecular weight excluding hydrogens is 230 g/mol. The van der Waals surface area contributed by atoms with Crippen LogP contribution in [0.1, 0.15) is 16.8 Å². The van der Waals surface area contributed by atoms with Gasteiger partial charge in [-0.15, -0.1) is 0 Å². The van der Waals surface area contributed by atoms with E-state index in [1.165, 1.54) is 31.4 Å². The van der Waals surface area contributed by atoms with Crippen molar-refractivity contribution in [1.82, 2.24) is 0 Å². The van der Waals surface area contributed by atoms with Crippen LogP contribution in [0.4, 0.5) is 8.78 Å². The van der Waals surface area contributed by atoms with E-state index in [9.17, 15) is 13.6 Å². The van der Waals surface area contributed by atoms with Crippen LogP contribution in [0.5, 0.6) is 5.75 Å². The first-order valence-electron chi connectivity index (χ1n) is 5.21. The molecule has 0 heterocycles. The maximum atomic E-state index is 13.5. The molecule has 1 aromatic rings. The number of carbonyl (C=O) groups is 1. The van der Waals surface area contributed by atoms with Gasteiger partial charge in [0.05, 0.1) is 12.0 Å². The highest BCUT2D eigenvalue weighted by molar-refractivity contribution is 5.74. The number of benzene rings is 1. The van der Waals surface area contributed by atoms with E-state index in [2.05, 4.69) is 4.74 Å². The summed E-state index contributed by atoms with van der Waals surface area (Å²) in [6.07, 6.45) is -2.72. The lowest BCUT2D eigenvalue weighted by atomic mass is 10.2. The molecule has 0 amide bonds. The molecule has 2 rings (SSSR count). The highest BCUT2D eigenvalue weighted by atomic mass is 19.3. The summed E-state index contributed by atoms with van der Waals surface area (Å²) in [5, 5.41) is 0. The highest BCUT2D eigenvalue weighted by Crippen LogP contribution is 2.46. The van der Waals surface area contributed by atoms with E-state index in [1.54, 1.807) is 0 Å². The minimum atomic E-state index is -3.23. The van der Waals surface area contributed by atoms with Crippen LogP contribution < -0.4 is 4.74 Å². The van der Waals surface area contributed by atoms with Crippen molar-refractivity contribution in [2.24, 2.45) is 5.92 Å². The quantitative estimate of drug-likeness (QED) is 0.744. The van der Waals surface area contributed by atoms with E-state index in [4.69, 9.17) is 4.74 Å². The molecule has 92 valence electrons. The predicted octanol–water partition coefficient (Wildman–Crippen LogP) is 2.51. The van der Waals surface area contributed by atoms with E-state index in [-0.39, 0.29) is 5.75 Å². The van der Waals surface area contributed by atoms with Gasteiger partial charge in [-0.05, 0) is 30.7 Å². The third kappa shape index (κ3) is 2.61. The van der Waals surface area contributed by atoms with Crippen molar-refractivity contribution >= 4 is 6.29 Å². The Morgan fingerprint density at radius 2 is 2.00 bits per heavy atom. The predicted molar refractivity (Wildman–Crippen MR) is 56.3 cm³/mol. The fourth-order valence-corrected chi connectivity index (χ4v) is 1.63. The molecule has 0 N–H and O–H groups in total. The maximum absolute atomic E-state index is 13.5. The van der Waals surface area contributed by atoms with Gasteiger partial charge in [0.1, 0.15) is 12.0 Å². The van der Waals surface area contributed by atoms with Crippen molar-refractivity contribution in [3.8, 4) is 5.75 Å². The van der Waals surface area contributed by atoms with Crippen LogP contribution in [0.2, 0.25) is 0 Å². The lowest BCUT2D eigenvalue weighted by molar-refractivity contribution is -0.198. The number of ether oxygens (including phenoxy) is 2. The standard InChI is InChI=1S/C12H12F2O3/c1-16-11-6-10(11)12(13,14)17-9-4-2-8(7-15)3-5-9/h2-5,7,10-11H,6H2,1H3. The summed E-state index contributed by atoms with van der Waals surface area (Å²) in [6.45, 7) is 0. The summed E-state index contributed by atoms with van der Waals surface area (Å²) < 4.78 is 36.5. The molecule has 0 spiro atoms. The second kappa shape index (κ2) is 4.41. The number of hydrogen-bond acceptors (Lipinski definition) is 3. The van der Waals surface area contributed by atoms with Crippen molar-refractivity contribution < 1.29 is 23.0 Å². The van der Waals surface area contributed by atoms with Gasteiger partial charge in [0.25, 0.3) is 0 Å². The fourth-order valence-electron chi connectivity index (χ4n) is 1.63. The van der Waals surface area contributed by atoms with Crippen LogP contribution in [-0.4, -0.2) is 25.6 Å². The number of methoxy groups -OCH3 is 1. The van der Waals surface area contributed by atoms with Gasteiger partial charge >= 0.3 is 6.11 Å². The topological polar surface area (TPSA) is 35.5 Å². The third-order valence-corrected chi connectivity index (χ3v) is 2.74. The Bertz CT molecular complexity index is 403. The normalized spacial score (nSPS) is 23.2. The van der Waals surface area contributed by atoms with Gasteiger partial charge in [-0.1, -0.05) is 0 Å². The summed E-state index contributed by atoms with van der Waals surface area (Å²) in [5.74, 6) is -0.847. The summed E-state index contributed by atoms with van der Waals surface area (Å²) in [7, 11) is 1.40. The van der Waals surface area contributed by atoms with Crippen LogP contribution in [0.25, 0.3) is 0 Å². The molecule has 0 aromatic heterocycles. The van der Waals surface area contributed by atoms with E-state index in [0.717, 1.165) is 0 Å². The number of aldehydes is 1. The summed E-state index contributed by atoms with van der Waals surface area (Å²) >= 11 is 0. The Morgan fingerprint density at radius 3 is 2.47 bits per heavy atom. The average molecular weight is 242 g/mol. The zero-order valence-corrected chi connectivity index (χ0v) is 9.23. The van der Waals surface area contributed by atoms with Crippen LogP contribution in [-0.2, 0) is 4.74 Å². The molecule has 17 heavy (non-hydrogen) atoms. The molecule has 1 aromatic carbocycles. The number of hydrogen-bond donors (Lipinski definition) is 0. The molecule has 0 saturated heterocycles. The van der Waals surface area contributed by atoms with Crippen molar-refractivity contribution in [2.45, 2.75) is 18.6 Å². The van der Waals surface area contributed by atoms with Crippen LogP contribution in [0.3, 0.4) is 0 Å². The highest BCUT2D eigenvalue weighted by Gasteiger charge is 2.57. The zero-order chi connectivity index (χ0) is 12.5. The van der Waals surface area contributed by atoms with Crippen molar-refractivity contribution in [2.75, 3.05) is 7.11 Å². The lowest BCUT2D eigenvalue weighted by Crippen LogP contribution is -2.29. The Balaban J connectivity index is 2.02. The molecule has 1 aliphatic rings. The first-order chi connectivity index (χ1) is 8.06. The van der Waals surface area contributed by atoms with Crippen LogP contribution in [0.15, 0.2) is 24.3 Å². The molecule has 0 bridgehead atoms. The minimum Gasteiger partial charge on any atom is -0.432 e.